The van der Waals surface area contributed by atoms with Crippen LogP contribution in [0.25, 0.3) is 0 Å². The third kappa shape index (κ3) is 1.77. The van der Waals surface area contributed by atoms with Gasteiger partial charge in [0.1, 0.15) is 5.75 Å². The van der Waals surface area contributed by atoms with Crippen LogP contribution in [0.2, 0.25) is 0 Å². The molecule has 2 atom stereocenters. The molecule has 0 bridgehead atoms. The average molecular weight is 190 g/mol. The van der Waals surface area contributed by atoms with Gasteiger partial charge in [0.2, 0.25) is 0 Å². The molecule has 0 amide bonds. The van der Waals surface area contributed by atoms with E-state index >= 15 is 0 Å². The zero-order chi connectivity index (χ0) is 10.1. The molecule has 1 aromatic rings. The van der Waals surface area contributed by atoms with Gasteiger partial charge in [-0.1, -0.05) is 26.0 Å². The Morgan fingerprint density at radius 3 is 2.29 bits per heavy atom. The van der Waals surface area contributed by atoms with E-state index in [2.05, 4.69) is 38.1 Å². The van der Waals surface area contributed by atoms with Gasteiger partial charge in [0.15, 0.2) is 0 Å². The van der Waals surface area contributed by atoms with Crippen LogP contribution in [0, 0.1) is 11.8 Å². The molecule has 76 valence electrons. The fourth-order valence-corrected chi connectivity index (χ4v) is 2.19. The number of hydrogen-bond donors (Lipinski definition) is 0. The van der Waals surface area contributed by atoms with Crippen LogP contribution in [0.4, 0.5) is 0 Å². The second-order valence-corrected chi connectivity index (χ2v) is 4.52. The number of rotatable bonds is 3. The summed E-state index contributed by atoms with van der Waals surface area (Å²) in [6.07, 6.45) is 1.37. The maximum atomic E-state index is 5.14. The minimum absolute atomic E-state index is 0.806. The van der Waals surface area contributed by atoms with E-state index in [1.165, 1.54) is 12.0 Å². The van der Waals surface area contributed by atoms with E-state index < -0.39 is 0 Å². The van der Waals surface area contributed by atoms with E-state index in [1.54, 1.807) is 7.11 Å². The minimum Gasteiger partial charge on any atom is -0.497 e. The van der Waals surface area contributed by atoms with Crippen molar-refractivity contribution in [1.29, 1.82) is 0 Å². The molecule has 1 aliphatic carbocycles. The van der Waals surface area contributed by atoms with Crippen LogP contribution in [0.5, 0.6) is 5.75 Å². The maximum absolute atomic E-state index is 5.14. The van der Waals surface area contributed by atoms with Crippen molar-refractivity contribution in [3.63, 3.8) is 0 Å². The van der Waals surface area contributed by atoms with Crippen molar-refractivity contribution in [3.05, 3.63) is 29.8 Å². The predicted octanol–water partition coefficient (Wildman–Crippen LogP) is 3.45. The SMILES string of the molecule is COc1ccc(C2CC2C(C)C)cc1. The van der Waals surface area contributed by atoms with Crippen LogP contribution < -0.4 is 4.74 Å². The molecule has 1 aliphatic rings. The fraction of sp³-hybridized carbons (Fsp3) is 0.538. The second-order valence-electron chi connectivity index (χ2n) is 4.52. The molecule has 1 saturated carbocycles. The molecule has 14 heavy (non-hydrogen) atoms. The van der Waals surface area contributed by atoms with E-state index in [0.717, 1.165) is 23.5 Å². The molecule has 0 aromatic heterocycles. The smallest absolute Gasteiger partial charge is 0.118 e. The Morgan fingerprint density at radius 2 is 1.86 bits per heavy atom. The molecule has 0 heterocycles. The Morgan fingerprint density at radius 1 is 1.21 bits per heavy atom. The average Bonchev–Trinajstić information content (AvgIpc) is 2.97. The minimum atomic E-state index is 0.806. The summed E-state index contributed by atoms with van der Waals surface area (Å²) in [5, 5.41) is 0. The first-order valence-electron chi connectivity index (χ1n) is 5.36. The van der Waals surface area contributed by atoms with Crippen molar-refractivity contribution < 1.29 is 4.74 Å². The Kier molecular flexibility index (Phi) is 2.49. The van der Waals surface area contributed by atoms with E-state index in [0.29, 0.717) is 0 Å². The summed E-state index contributed by atoms with van der Waals surface area (Å²) in [6.45, 7) is 4.63. The van der Waals surface area contributed by atoms with Gasteiger partial charge >= 0.3 is 0 Å². The molecule has 1 fully saturated rings. The Bertz CT molecular complexity index is 300. The first-order chi connectivity index (χ1) is 6.72. The number of hydrogen-bond acceptors (Lipinski definition) is 1. The molecule has 2 rings (SSSR count). The first kappa shape index (κ1) is 9.57. The molecule has 0 spiro atoms. The van der Waals surface area contributed by atoms with Crippen molar-refractivity contribution in [2.24, 2.45) is 11.8 Å². The van der Waals surface area contributed by atoms with Crippen molar-refractivity contribution in [1.82, 2.24) is 0 Å². The predicted molar refractivity (Wildman–Crippen MR) is 58.7 cm³/mol. The van der Waals surface area contributed by atoms with Gasteiger partial charge in [0.05, 0.1) is 7.11 Å². The van der Waals surface area contributed by atoms with E-state index in [1.807, 2.05) is 0 Å². The van der Waals surface area contributed by atoms with Gasteiger partial charge in [-0.25, -0.2) is 0 Å². The molecule has 2 unspecified atom stereocenters. The standard InChI is InChI=1S/C13H18O/c1-9(2)12-8-13(12)10-4-6-11(14-3)7-5-10/h4-7,9,12-13H,8H2,1-3H3. The lowest BCUT2D eigenvalue weighted by molar-refractivity contribution is 0.414. The highest BCUT2D eigenvalue weighted by Crippen LogP contribution is 2.51. The lowest BCUT2D eigenvalue weighted by Crippen LogP contribution is -1.92. The van der Waals surface area contributed by atoms with E-state index in [-0.39, 0.29) is 0 Å². The highest BCUT2D eigenvalue weighted by Gasteiger charge is 2.39. The Hall–Kier alpha value is -0.980. The molecule has 1 aromatic carbocycles. The molecular formula is C13H18O. The Balaban J connectivity index is 2.05. The van der Waals surface area contributed by atoms with Gasteiger partial charge in [-0.15, -0.1) is 0 Å². The highest BCUT2D eigenvalue weighted by atomic mass is 16.5. The molecule has 0 N–H and O–H groups in total. The van der Waals surface area contributed by atoms with Gasteiger partial charge in [-0.3, -0.25) is 0 Å². The Labute approximate surface area is 86.1 Å². The van der Waals surface area contributed by atoms with Crippen molar-refractivity contribution in [2.75, 3.05) is 7.11 Å². The monoisotopic (exact) mass is 190 g/mol. The van der Waals surface area contributed by atoms with Gasteiger partial charge in [-0.05, 0) is 41.9 Å². The zero-order valence-electron chi connectivity index (χ0n) is 9.16. The molecule has 0 aliphatic heterocycles. The summed E-state index contributed by atoms with van der Waals surface area (Å²) in [4.78, 5) is 0. The summed E-state index contributed by atoms with van der Waals surface area (Å²) in [6, 6.07) is 8.52. The lowest BCUT2D eigenvalue weighted by Gasteiger charge is -2.04. The van der Waals surface area contributed by atoms with Gasteiger partial charge in [-0.2, -0.15) is 0 Å². The number of benzene rings is 1. The molecule has 0 radical (unpaired) electrons. The lowest BCUT2D eigenvalue weighted by atomic mass is 10.0. The molecule has 1 nitrogen and oxygen atoms in total. The number of ether oxygens (including phenoxy) is 1. The summed E-state index contributed by atoms with van der Waals surface area (Å²) < 4.78 is 5.14. The van der Waals surface area contributed by atoms with Crippen LogP contribution in [0.15, 0.2) is 24.3 Å². The van der Waals surface area contributed by atoms with Gasteiger partial charge in [0, 0.05) is 0 Å². The highest BCUT2D eigenvalue weighted by molar-refractivity contribution is 5.32. The first-order valence-corrected chi connectivity index (χ1v) is 5.36. The fourth-order valence-electron chi connectivity index (χ4n) is 2.19. The van der Waals surface area contributed by atoms with Crippen LogP contribution >= 0.6 is 0 Å². The molecule has 0 saturated heterocycles. The molecule has 1 heteroatoms. The van der Waals surface area contributed by atoms with Gasteiger partial charge < -0.3 is 4.74 Å². The quantitative estimate of drug-likeness (QED) is 0.709. The van der Waals surface area contributed by atoms with E-state index in [4.69, 9.17) is 4.74 Å². The van der Waals surface area contributed by atoms with E-state index in [9.17, 15) is 0 Å². The third-order valence-electron chi connectivity index (χ3n) is 3.24. The number of methoxy groups -OCH3 is 1. The normalized spacial score (nSPS) is 25.1. The summed E-state index contributed by atoms with van der Waals surface area (Å²) in [5.74, 6) is 3.49. The van der Waals surface area contributed by atoms with Gasteiger partial charge in [0.25, 0.3) is 0 Å². The summed E-state index contributed by atoms with van der Waals surface area (Å²) in [7, 11) is 1.71. The topological polar surface area (TPSA) is 9.23 Å². The largest absolute Gasteiger partial charge is 0.497 e. The summed E-state index contributed by atoms with van der Waals surface area (Å²) >= 11 is 0. The zero-order valence-corrected chi connectivity index (χ0v) is 9.16. The molecular weight excluding hydrogens is 172 g/mol. The maximum Gasteiger partial charge on any atom is 0.118 e. The van der Waals surface area contributed by atoms with Crippen LogP contribution in [0.3, 0.4) is 0 Å². The van der Waals surface area contributed by atoms with Crippen molar-refractivity contribution >= 4 is 0 Å². The third-order valence-corrected chi connectivity index (χ3v) is 3.24. The second kappa shape index (κ2) is 3.64. The van der Waals surface area contributed by atoms with Crippen LogP contribution in [0.1, 0.15) is 31.7 Å². The van der Waals surface area contributed by atoms with Crippen LogP contribution in [-0.4, -0.2) is 7.11 Å². The van der Waals surface area contributed by atoms with Crippen LogP contribution in [-0.2, 0) is 0 Å². The van der Waals surface area contributed by atoms with Crippen molar-refractivity contribution in [3.8, 4) is 5.75 Å². The van der Waals surface area contributed by atoms with Crippen molar-refractivity contribution in [2.45, 2.75) is 26.2 Å². The summed E-state index contributed by atoms with van der Waals surface area (Å²) in [5.41, 5.74) is 1.48.